The third-order valence-corrected chi connectivity index (χ3v) is 0. The molecule has 0 aliphatic rings. The normalized spacial score (nSPS) is 3.00. The van der Waals surface area contributed by atoms with Crippen molar-refractivity contribution in [2.45, 2.75) is 0 Å². The van der Waals surface area contributed by atoms with Gasteiger partial charge in [0.25, 0.3) is 0 Å². The van der Waals surface area contributed by atoms with Gasteiger partial charge < -0.3 is 0 Å². The molecule has 2 nitrogen and oxygen atoms in total. The fourth-order valence-corrected chi connectivity index (χ4v) is 0. The molecule has 0 rings (SSSR count). The van der Waals surface area contributed by atoms with Crippen LogP contribution in [0.4, 0.5) is 0 Å². The van der Waals surface area contributed by atoms with E-state index < -0.39 is 15.7 Å². The molecule has 0 aliphatic heterocycles. The van der Waals surface area contributed by atoms with Crippen LogP contribution in [0.5, 0.6) is 0 Å². The molecule has 0 saturated heterocycles. The summed E-state index contributed by atoms with van der Waals surface area (Å²) in [7, 11) is 0. The van der Waals surface area contributed by atoms with Gasteiger partial charge in [-0.05, 0) is 0 Å². The molecule has 0 bridgehead atoms. The Labute approximate surface area is 71.1 Å². The third kappa shape index (κ3) is 9.31. The second-order valence-corrected chi connectivity index (χ2v) is 0.548. The van der Waals surface area contributed by atoms with Gasteiger partial charge in [0.1, 0.15) is 0 Å². The van der Waals surface area contributed by atoms with Crippen molar-refractivity contribution in [1.29, 1.82) is 0 Å². The van der Waals surface area contributed by atoms with Gasteiger partial charge in [0.15, 0.2) is 0 Å². The van der Waals surface area contributed by atoms with E-state index in [1.54, 1.807) is 0 Å². The van der Waals surface area contributed by atoms with E-state index in [4.69, 9.17) is 7.91 Å². The van der Waals surface area contributed by atoms with E-state index >= 15 is 0 Å². The summed E-state index contributed by atoms with van der Waals surface area (Å²) < 4.78 is 15.8. The van der Waals surface area contributed by atoms with E-state index in [0.29, 0.717) is 0 Å². The van der Waals surface area contributed by atoms with E-state index in [9.17, 15) is 0 Å². The minimum atomic E-state index is -1.94. The fraction of sp³-hybridized carbons (Fsp3) is 0. The molecule has 4 heavy (non-hydrogen) atoms. The first-order valence-electron chi connectivity index (χ1n) is 0.494. The van der Waals surface area contributed by atoms with Gasteiger partial charge in [-0.15, -0.1) is 0 Å². The van der Waals surface area contributed by atoms with Crippen molar-refractivity contribution in [3.63, 3.8) is 0 Å². The Bertz CT molecular complexity index is 13.5. The van der Waals surface area contributed by atoms with Crippen LogP contribution in [0.25, 0.3) is 0 Å². The molecule has 0 heterocycles. The summed E-state index contributed by atoms with van der Waals surface area (Å²) in [6.45, 7) is 0. The summed E-state index contributed by atoms with van der Waals surface area (Å²) in [5.41, 5.74) is 0. The average molecular weight is 244 g/mol. The van der Waals surface area contributed by atoms with Crippen LogP contribution >= 0.6 is 0 Å². The predicted molar refractivity (Wildman–Crippen MR) is 15.8 cm³/mol. The van der Waals surface area contributed by atoms with Gasteiger partial charge in [0.05, 0.1) is 0 Å². The summed E-state index contributed by atoms with van der Waals surface area (Å²) in [5.74, 6) is 0. The molecule has 0 unspecified atom stereocenters. The average Bonchev–Trinajstić information content (AvgIpc) is 0.918. The van der Waals surface area contributed by atoms with Crippen molar-refractivity contribution in [2.75, 3.05) is 0 Å². The summed E-state index contributed by atoms with van der Waals surface area (Å²) in [4.78, 5) is 0. The standard InChI is InChI=1S/Ba.GeH2O2/c;2-1-3/h;1-2H. The molecule has 4 heteroatoms. The Morgan fingerprint density at radius 2 is 1.75 bits per heavy atom. The quantitative estimate of drug-likeness (QED) is 0.515. The molecule has 1 N–H and O–H groups in total. The minimum absolute atomic E-state index is 0. The van der Waals surface area contributed by atoms with Gasteiger partial charge in [0.2, 0.25) is 0 Å². The Hall–Kier alpha value is 1.71. The molecule has 0 spiro atoms. The summed E-state index contributed by atoms with van der Waals surface area (Å²) in [6, 6.07) is 0. The van der Waals surface area contributed by atoms with Crippen molar-refractivity contribution < 1.29 is 7.91 Å². The second kappa shape index (κ2) is 8.83. The summed E-state index contributed by atoms with van der Waals surface area (Å²) in [6.07, 6.45) is 0. The van der Waals surface area contributed by atoms with Crippen molar-refractivity contribution >= 4 is 64.6 Å². The molecule has 20 valence electrons. The molecule has 0 fully saturated rings. The number of hydrogen-bond donors (Lipinski definition) is 1. The molecule has 0 aromatic carbocycles. The van der Waals surface area contributed by atoms with Crippen molar-refractivity contribution in [3.05, 3.63) is 0 Å². The van der Waals surface area contributed by atoms with Crippen LogP contribution in [-0.4, -0.2) is 68.7 Å². The number of rotatable bonds is 0. The maximum atomic E-state index is 8.64. The molecular weight excluding hydrogens is 242 g/mol. The van der Waals surface area contributed by atoms with Gasteiger partial charge >= 0.3 is 23.6 Å². The van der Waals surface area contributed by atoms with Crippen LogP contribution in [0.15, 0.2) is 0 Å². The first-order chi connectivity index (χ1) is 1.41. The Balaban J connectivity index is 0. The SMILES string of the molecule is [Ba].[O]=[GeH][OH]. The Morgan fingerprint density at radius 3 is 1.75 bits per heavy atom. The maximum absolute atomic E-state index is 8.64. The van der Waals surface area contributed by atoms with Crippen LogP contribution in [0, 0.1) is 0 Å². The van der Waals surface area contributed by atoms with E-state index in [1.807, 2.05) is 0 Å². The van der Waals surface area contributed by atoms with Crippen molar-refractivity contribution in [2.24, 2.45) is 0 Å². The Morgan fingerprint density at radius 1 is 1.75 bits per heavy atom. The van der Waals surface area contributed by atoms with Crippen LogP contribution in [0.1, 0.15) is 0 Å². The molecule has 0 saturated carbocycles. The molecule has 0 aromatic rings. The summed E-state index contributed by atoms with van der Waals surface area (Å²) in [5, 5.41) is 0. The molecule has 0 aromatic heterocycles. The summed E-state index contributed by atoms with van der Waals surface area (Å²) >= 11 is -1.94. The van der Waals surface area contributed by atoms with Crippen molar-refractivity contribution in [3.8, 4) is 0 Å². The van der Waals surface area contributed by atoms with Crippen LogP contribution in [-0.2, 0) is 3.78 Å². The van der Waals surface area contributed by atoms with Crippen LogP contribution in [0.2, 0.25) is 0 Å². The molecule has 0 amide bonds. The zero-order valence-corrected chi connectivity index (χ0v) is 9.00. The van der Waals surface area contributed by atoms with E-state index in [1.165, 1.54) is 0 Å². The fourth-order valence-electron chi connectivity index (χ4n) is 0. The zero-order chi connectivity index (χ0) is 2.71. The van der Waals surface area contributed by atoms with Gasteiger partial charge in [-0.25, -0.2) is 0 Å². The zero-order valence-electron chi connectivity index (χ0n) is 2.14. The van der Waals surface area contributed by atoms with Gasteiger partial charge in [-0.2, -0.15) is 0 Å². The third-order valence-electron chi connectivity index (χ3n) is 0. The molecular formula is H2BaGeO2. The molecule has 0 aliphatic carbocycles. The number of hydrogen-bond acceptors (Lipinski definition) is 1. The topological polar surface area (TPSA) is 37.3 Å². The molecule has 2 radical (unpaired) electrons. The van der Waals surface area contributed by atoms with Crippen LogP contribution < -0.4 is 0 Å². The van der Waals surface area contributed by atoms with Gasteiger partial charge in [-0.1, -0.05) is 0 Å². The van der Waals surface area contributed by atoms with Crippen molar-refractivity contribution in [1.82, 2.24) is 0 Å². The van der Waals surface area contributed by atoms with Gasteiger partial charge in [0, 0.05) is 48.9 Å². The first-order valence-corrected chi connectivity index (χ1v) is 2.57. The first kappa shape index (κ1) is 9.21. The van der Waals surface area contributed by atoms with E-state index in [-0.39, 0.29) is 48.9 Å². The monoisotopic (exact) mass is 246 g/mol. The van der Waals surface area contributed by atoms with Gasteiger partial charge in [-0.3, -0.25) is 0 Å². The second-order valence-electron chi connectivity index (χ2n) is 0.105. The van der Waals surface area contributed by atoms with E-state index in [2.05, 4.69) is 0 Å². The molecule has 0 atom stereocenters. The van der Waals surface area contributed by atoms with E-state index in [0.717, 1.165) is 0 Å². The van der Waals surface area contributed by atoms with Crippen LogP contribution in [0.3, 0.4) is 0 Å². The Kier molecular flexibility index (Phi) is 20.3. The predicted octanol–water partition coefficient (Wildman–Crippen LogP) is -1.71.